The minimum Gasteiger partial charge on any atom is -0.462 e. The zero-order chi connectivity index (χ0) is 19.8. The minimum atomic E-state index is -0.436. The van der Waals surface area contributed by atoms with E-state index < -0.39 is 5.97 Å². The fourth-order valence-corrected chi connectivity index (χ4v) is 3.28. The molecule has 0 unspecified atom stereocenters. The lowest BCUT2D eigenvalue weighted by molar-refractivity contribution is -0.115. The second kappa shape index (κ2) is 9.78. The summed E-state index contributed by atoms with van der Waals surface area (Å²) in [6.45, 7) is 4.81. The first-order chi connectivity index (χ1) is 13.7. The van der Waals surface area contributed by atoms with Crippen LogP contribution in [0.25, 0.3) is 0 Å². The van der Waals surface area contributed by atoms with E-state index in [1.165, 1.54) is 18.5 Å². The number of para-hydroxylation sites is 1. The van der Waals surface area contributed by atoms with Gasteiger partial charge in [-0.05, 0) is 56.2 Å². The Kier molecular flexibility index (Phi) is 6.89. The van der Waals surface area contributed by atoms with Crippen LogP contribution < -0.4 is 15.5 Å². The van der Waals surface area contributed by atoms with Gasteiger partial charge in [0.25, 0.3) is 0 Å². The predicted octanol–water partition coefficient (Wildman–Crippen LogP) is 3.90. The maximum absolute atomic E-state index is 12.3. The van der Waals surface area contributed by atoms with E-state index in [0.717, 1.165) is 18.8 Å². The number of carbonyl (C=O) groups is 2. The number of benzene rings is 2. The Balaban J connectivity index is 1.48. The van der Waals surface area contributed by atoms with Crippen molar-refractivity contribution in [3.05, 3.63) is 54.1 Å². The number of esters is 1. The molecular formula is C22H27N3O3. The van der Waals surface area contributed by atoms with Gasteiger partial charge in [0, 0.05) is 37.4 Å². The van der Waals surface area contributed by atoms with Gasteiger partial charge in [-0.3, -0.25) is 4.79 Å². The molecule has 1 amide bonds. The van der Waals surface area contributed by atoms with Crippen LogP contribution in [0, 0.1) is 0 Å². The van der Waals surface area contributed by atoms with Crippen molar-refractivity contribution in [1.29, 1.82) is 0 Å². The largest absolute Gasteiger partial charge is 0.462 e. The van der Waals surface area contributed by atoms with Crippen molar-refractivity contribution in [3.8, 4) is 0 Å². The Labute approximate surface area is 165 Å². The summed E-state index contributed by atoms with van der Waals surface area (Å²) in [5.41, 5.74) is 3.07. The van der Waals surface area contributed by atoms with Crippen LogP contribution in [-0.2, 0) is 9.53 Å². The number of amides is 1. The molecule has 2 N–H and O–H groups in total. The second-order valence-corrected chi connectivity index (χ2v) is 6.73. The van der Waals surface area contributed by atoms with E-state index in [-0.39, 0.29) is 5.91 Å². The van der Waals surface area contributed by atoms with Crippen LogP contribution >= 0.6 is 0 Å². The molecule has 0 radical (unpaired) electrons. The lowest BCUT2D eigenvalue weighted by Crippen LogP contribution is -2.19. The van der Waals surface area contributed by atoms with E-state index in [1.54, 1.807) is 31.2 Å². The van der Waals surface area contributed by atoms with E-state index in [4.69, 9.17) is 4.74 Å². The summed E-state index contributed by atoms with van der Waals surface area (Å²) >= 11 is 0. The average molecular weight is 381 g/mol. The number of hydrogen-bond donors (Lipinski definition) is 2. The quantitative estimate of drug-likeness (QED) is 0.679. The third kappa shape index (κ3) is 5.25. The third-order valence-electron chi connectivity index (χ3n) is 4.72. The summed E-state index contributed by atoms with van der Waals surface area (Å²) in [6, 6.07) is 15.2. The fourth-order valence-electron chi connectivity index (χ4n) is 3.28. The lowest BCUT2D eigenvalue weighted by atomic mass is 10.1. The van der Waals surface area contributed by atoms with E-state index in [2.05, 4.69) is 27.7 Å². The average Bonchev–Trinajstić information content (AvgIpc) is 3.24. The van der Waals surface area contributed by atoms with E-state index in [1.807, 2.05) is 12.1 Å². The predicted molar refractivity (Wildman–Crippen MR) is 112 cm³/mol. The molecular weight excluding hydrogens is 354 g/mol. The number of hydrogen-bond acceptors (Lipinski definition) is 5. The maximum atomic E-state index is 12.3. The van der Waals surface area contributed by atoms with Gasteiger partial charge in [0.2, 0.25) is 5.91 Å². The minimum absolute atomic E-state index is 0.155. The molecule has 28 heavy (non-hydrogen) atoms. The summed E-state index contributed by atoms with van der Waals surface area (Å²) in [5.74, 6) is -0.590. The van der Waals surface area contributed by atoms with Crippen LogP contribution in [0.2, 0.25) is 0 Å². The Morgan fingerprint density at radius 1 is 1.04 bits per heavy atom. The molecule has 0 saturated carbocycles. The van der Waals surface area contributed by atoms with Crippen molar-refractivity contribution in [3.63, 3.8) is 0 Å². The molecule has 0 bridgehead atoms. The van der Waals surface area contributed by atoms with Gasteiger partial charge in [-0.1, -0.05) is 12.1 Å². The van der Waals surface area contributed by atoms with Gasteiger partial charge in [-0.15, -0.1) is 0 Å². The number of anilines is 3. The second-order valence-electron chi connectivity index (χ2n) is 6.73. The molecule has 1 heterocycles. The lowest BCUT2D eigenvalue weighted by Gasteiger charge is -2.18. The van der Waals surface area contributed by atoms with Gasteiger partial charge in [-0.25, -0.2) is 4.79 Å². The molecule has 148 valence electrons. The summed E-state index contributed by atoms with van der Waals surface area (Å²) in [6.07, 6.45) is 2.81. The normalized spacial score (nSPS) is 13.2. The molecule has 1 aliphatic rings. The van der Waals surface area contributed by atoms with Gasteiger partial charge >= 0.3 is 5.97 Å². The highest BCUT2D eigenvalue weighted by atomic mass is 16.5. The van der Waals surface area contributed by atoms with Crippen molar-refractivity contribution in [1.82, 2.24) is 0 Å². The molecule has 1 aliphatic heterocycles. The van der Waals surface area contributed by atoms with E-state index in [0.29, 0.717) is 30.8 Å². The highest BCUT2D eigenvalue weighted by Gasteiger charge is 2.14. The van der Waals surface area contributed by atoms with Gasteiger partial charge in [-0.2, -0.15) is 0 Å². The molecule has 6 heteroatoms. The standard InChI is InChI=1S/C22H27N3O3/c1-2-28-22(27)19-7-3-4-8-20(19)24-21(26)13-14-23-17-9-11-18(12-10-17)25-15-5-6-16-25/h3-4,7-12,23H,2,5-6,13-16H2,1H3,(H,24,26). The van der Waals surface area contributed by atoms with Crippen molar-refractivity contribution < 1.29 is 14.3 Å². The van der Waals surface area contributed by atoms with Crippen LogP contribution in [0.15, 0.2) is 48.5 Å². The van der Waals surface area contributed by atoms with Crippen LogP contribution in [0.4, 0.5) is 17.1 Å². The van der Waals surface area contributed by atoms with Gasteiger partial charge < -0.3 is 20.3 Å². The fraction of sp³-hybridized carbons (Fsp3) is 0.364. The molecule has 0 atom stereocenters. The SMILES string of the molecule is CCOC(=O)c1ccccc1NC(=O)CCNc1ccc(N2CCCC2)cc1. The summed E-state index contributed by atoms with van der Waals surface area (Å²) in [7, 11) is 0. The summed E-state index contributed by atoms with van der Waals surface area (Å²) in [5, 5.41) is 6.06. The van der Waals surface area contributed by atoms with Crippen LogP contribution in [-0.4, -0.2) is 38.1 Å². The zero-order valence-electron chi connectivity index (χ0n) is 16.2. The third-order valence-corrected chi connectivity index (χ3v) is 4.72. The van der Waals surface area contributed by atoms with Crippen molar-refractivity contribution in [2.75, 3.05) is 41.8 Å². The number of carbonyl (C=O) groups excluding carboxylic acids is 2. The number of rotatable bonds is 8. The smallest absolute Gasteiger partial charge is 0.340 e. The molecule has 0 aromatic heterocycles. The van der Waals surface area contributed by atoms with Gasteiger partial charge in [0.1, 0.15) is 0 Å². The number of ether oxygens (including phenoxy) is 1. The first-order valence-corrected chi connectivity index (χ1v) is 9.82. The van der Waals surface area contributed by atoms with Crippen molar-refractivity contribution >= 4 is 28.9 Å². The van der Waals surface area contributed by atoms with E-state index >= 15 is 0 Å². The molecule has 1 fully saturated rings. The molecule has 1 saturated heterocycles. The van der Waals surface area contributed by atoms with Crippen molar-refractivity contribution in [2.45, 2.75) is 26.2 Å². The molecule has 2 aromatic carbocycles. The Bertz CT molecular complexity index is 799. The van der Waals surface area contributed by atoms with E-state index in [9.17, 15) is 9.59 Å². The number of nitrogens with zero attached hydrogens (tertiary/aromatic N) is 1. The van der Waals surface area contributed by atoms with Gasteiger partial charge in [0.15, 0.2) is 0 Å². The van der Waals surface area contributed by atoms with Crippen LogP contribution in [0.3, 0.4) is 0 Å². The Morgan fingerprint density at radius 3 is 2.46 bits per heavy atom. The Hall–Kier alpha value is -3.02. The Morgan fingerprint density at radius 2 is 1.75 bits per heavy atom. The van der Waals surface area contributed by atoms with Crippen molar-refractivity contribution in [2.24, 2.45) is 0 Å². The summed E-state index contributed by atoms with van der Waals surface area (Å²) < 4.78 is 5.03. The molecule has 0 aliphatic carbocycles. The molecule has 3 rings (SSSR count). The monoisotopic (exact) mass is 381 g/mol. The first kappa shape index (κ1) is 19.7. The highest BCUT2D eigenvalue weighted by Crippen LogP contribution is 2.22. The number of nitrogens with one attached hydrogen (secondary N) is 2. The summed E-state index contributed by atoms with van der Waals surface area (Å²) in [4.78, 5) is 26.6. The van der Waals surface area contributed by atoms with Gasteiger partial charge in [0.05, 0.1) is 17.9 Å². The molecule has 0 spiro atoms. The maximum Gasteiger partial charge on any atom is 0.340 e. The first-order valence-electron chi connectivity index (χ1n) is 9.82. The van der Waals surface area contributed by atoms with Crippen LogP contribution in [0.1, 0.15) is 36.5 Å². The molecule has 6 nitrogen and oxygen atoms in total. The highest BCUT2D eigenvalue weighted by molar-refractivity contribution is 6.01. The zero-order valence-corrected chi connectivity index (χ0v) is 16.2. The molecule has 2 aromatic rings. The van der Waals surface area contributed by atoms with Crippen LogP contribution in [0.5, 0.6) is 0 Å². The topological polar surface area (TPSA) is 70.7 Å².